The van der Waals surface area contributed by atoms with Crippen LogP contribution in [0, 0.1) is 5.92 Å². The van der Waals surface area contributed by atoms with E-state index in [1.807, 2.05) is 24.4 Å². The van der Waals surface area contributed by atoms with E-state index in [9.17, 15) is 4.79 Å². The van der Waals surface area contributed by atoms with Gasteiger partial charge in [0.25, 0.3) is 0 Å². The van der Waals surface area contributed by atoms with E-state index in [2.05, 4.69) is 42.1 Å². The average Bonchev–Trinajstić information content (AvgIpc) is 3.43. The Bertz CT molecular complexity index is 1010. The van der Waals surface area contributed by atoms with Crippen LogP contribution < -0.4 is 4.90 Å². The van der Waals surface area contributed by atoms with Gasteiger partial charge in [0, 0.05) is 31.6 Å². The van der Waals surface area contributed by atoms with Crippen molar-refractivity contribution >= 4 is 29.2 Å². The van der Waals surface area contributed by atoms with Crippen molar-refractivity contribution < 1.29 is 4.79 Å². The number of piperidine rings is 1. The number of aromatic amines is 1. The Kier molecular flexibility index (Phi) is 4.23. The van der Waals surface area contributed by atoms with Crippen molar-refractivity contribution in [1.82, 2.24) is 24.9 Å². The van der Waals surface area contributed by atoms with Crippen LogP contribution in [-0.2, 0) is 4.79 Å². The predicted octanol–water partition coefficient (Wildman–Crippen LogP) is 2.53. The molecule has 3 aromatic rings. The molecule has 2 aliphatic rings. The lowest BCUT2D eigenvalue weighted by atomic mass is 9.94. The number of carbonyl (C=O) groups excluding carboxylic acids is 1. The summed E-state index contributed by atoms with van der Waals surface area (Å²) in [5, 5.41) is 6.07. The van der Waals surface area contributed by atoms with Crippen LogP contribution in [0.15, 0.2) is 48.0 Å². The average molecular weight is 375 g/mol. The number of imidazole rings is 1. The maximum Gasteiger partial charge on any atom is 0.246 e. The van der Waals surface area contributed by atoms with E-state index in [4.69, 9.17) is 0 Å². The van der Waals surface area contributed by atoms with Gasteiger partial charge in [-0.05, 0) is 18.4 Å². The van der Waals surface area contributed by atoms with E-state index in [0.717, 1.165) is 43.4 Å². The molecule has 1 atom stereocenters. The Morgan fingerprint density at radius 1 is 1.11 bits per heavy atom. The summed E-state index contributed by atoms with van der Waals surface area (Å²) in [6.45, 7) is 1.50. The highest BCUT2D eigenvalue weighted by Crippen LogP contribution is 2.32. The number of hydrazone groups is 1. The lowest BCUT2D eigenvalue weighted by Gasteiger charge is -2.33. The monoisotopic (exact) mass is 375 g/mol. The number of H-pyrrole nitrogens is 1. The lowest BCUT2D eigenvalue weighted by molar-refractivity contribution is -0.138. The van der Waals surface area contributed by atoms with Gasteiger partial charge in [0.1, 0.15) is 5.52 Å². The summed E-state index contributed by atoms with van der Waals surface area (Å²) in [5.74, 6) is 0.768. The van der Waals surface area contributed by atoms with E-state index in [0.29, 0.717) is 11.6 Å². The number of nitrogens with zero attached hydrogens (tertiary/aromatic N) is 6. The van der Waals surface area contributed by atoms with E-state index < -0.39 is 0 Å². The SMILES string of the molecule is O=C(C1CCN(c2ncc3[nH]cnc3n2)CC1)N1N=CCC1c1ccccc1. The third-order valence-electron chi connectivity index (χ3n) is 5.53. The number of fused-ring (bicyclic) bond motifs is 1. The standard InChI is InChI=1S/C20H21N7O/c28-19(27-17(6-9-24-27)14-4-2-1-3-5-14)15-7-10-26(11-8-15)20-21-12-16-18(25-20)23-13-22-16/h1-5,9,12-13,15,17H,6-8,10-11H2,(H,21,22,23,25). The molecule has 0 saturated carbocycles. The Hall–Kier alpha value is -3.29. The van der Waals surface area contributed by atoms with Crippen LogP contribution in [0.5, 0.6) is 0 Å². The molecule has 28 heavy (non-hydrogen) atoms. The Balaban J connectivity index is 1.26. The van der Waals surface area contributed by atoms with Crippen LogP contribution >= 0.6 is 0 Å². The molecule has 0 radical (unpaired) electrons. The van der Waals surface area contributed by atoms with Crippen LogP contribution in [0.3, 0.4) is 0 Å². The van der Waals surface area contributed by atoms with Crippen molar-refractivity contribution in [2.45, 2.75) is 25.3 Å². The van der Waals surface area contributed by atoms with Gasteiger partial charge in [-0.25, -0.2) is 15.0 Å². The third kappa shape index (κ3) is 3.00. The molecule has 4 heterocycles. The van der Waals surface area contributed by atoms with Gasteiger partial charge in [-0.15, -0.1) is 0 Å². The number of hydrogen-bond acceptors (Lipinski definition) is 6. The maximum absolute atomic E-state index is 13.1. The number of aromatic nitrogens is 4. The zero-order chi connectivity index (χ0) is 18.9. The van der Waals surface area contributed by atoms with Crippen LogP contribution in [-0.4, -0.2) is 50.2 Å². The van der Waals surface area contributed by atoms with Gasteiger partial charge in [-0.3, -0.25) is 4.79 Å². The highest BCUT2D eigenvalue weighted by Gasteiger charge is 2.35. The van der Waals surface area contributed by atoms with Crippen LogP contribution in [0.4, 0.5) is 5.95 Å². The highest BCUT2D eigenvalue weighted by molar-refractivity contribution is 5.82. The van der Waals surface area contributed by atoms with Gasteiger partial charge in [-0.2, -0.15) is 10.1 Å². The van der Waals surface area contributed by atoms with E-state index in [-0.39, 0.29) is 17.9 Å². The van der Waals surface area contributed by atoms with Crippen molar-refractivity contribution in [1.29, 1.82) is 0 Å². The second-order valence-electron chi connectivity index (χ2n) is 7.21. The first-order valence-electron chi connectivity index (χ1n) is 9.61. The molecule has 1 fully saturated rings. The molecule has 1 aromatic carbocycles. The van der Waals surface area contributed by atoms with Crippen molar-refractivity contribution in [3.05, 3.63) is 48.4 Å². The van der Waals surface area contributed by atoms with Crippen LogP contribution in [0.25, 0.3) is 11.2 Å². The Morgan fingerprint density at radius 2 is 1.93 bits per heavy atom. The second-order valence-corrected chi connectivity index (χ2v) is 7.21. The molecular formula is C20H21N7O. The van der Waals surface area contributed by atoms with Crippen molar-refractivity contribution in [2.24, 2.45) is 11.0 Å². The first-order valence-corrected chi connectivity index (χ1v) is 9.61. The van der Waals surface area contributed by atoms with Gasteiger partial charge < -0.3 is 9.88 Å². The van der Waals surface area contributed by atoms with Crippen molar-refractivity contribution in [3.8, 4) is 0 Å². The minimum atomic E-state index is -0.0215. The molecule has 2 aromatic heterocycles. The Morgan fingerprint density at radius 3 is 2.75 bits per heavy atom. The van der Waals surface area contributed by atoms with Gasteiger partial charge in [0.2, 0.25) is 11.9 Å². The fraction of sp³-hybridized carbons (Fsp3) is 0.350. The molecule has 2 aliphatic heterocycles. The smallest absolute Gasteiger partial charge is 0.246 e. The van der Waals surface area contributed by atoms with Crippen molar-refractivity contribution in [3.63, 3.8) is 0 Å². The zero-order valence-electron chi connectivity index (χ0n) is 15.4. The van der Waals surface area contributed by atoms with E-state index >= 15 is 0 Å². The topological polar surface area (TPSA) is 90.4 Å². The summed E-state index contributed by atoms with van der Waals surface area (Å²) in [5.41, 5.74) is 2.62. The normalized spacial score (nSPS) is 20.2. The largest absolute Gasteiger partial charge is 0.342 e. The van der Waals surface area contributed by atoms with E-state index in [1.165, 1.54) is 0 Å². The quantitative estimate of drug-likeness (QED) is 0.760. The van der Waals surface area contributed by atoms with Crippen LogP contribution in [0.1, 0.15) is 30.9 Å². The first kappa shape index (κ1) is 16.9. The molecule has 8 nitrogen and oxygen atoms in total. The van der Waals surface area contributed by atoms with Gasteiger partial charge >= 0.3 is 0 Å². The van der Waals surface area contributed by atoms with Crippen molar-refractivity contribution in [2.75, 3.05) is 18.0 Å². The number of benzene rings is 1. The predicted molar refractivity (Wildman–Crippen MR) is 106 cm³/mol. The molecule has 0 bridgehead atoms. The molecule has 0 aliphatic carbocycles. The molecule has 1 unspecified atom stereocenters. The molecular weight excluding hydrogens is 354 g/mol. The number of hydrogen-bond donors (Lipinski definition) is 1. The highest BCUT2D eigenvalue weighted by atomic mass is 16.2. The molecule has 8 heteroatoms. The minimum Gasteiger partial charge on any atom is -0.342 e. The number of anilines is 1. The molecule has 1 saturated heterocycles. The number of amides is 1. The minimum absolute atomic E-state index is 0.0112. The molecule has 5 rings (SSSR count). The van der Waals surface area contributed by atoms with Gasteiger partial charge in [-0.1, -0.05) is 30.3 Å². The molecule has 142 valence electrons. The molecule has 1 N–H and O–H groups in total. The lowest BCUT2D eigenvalue weighted by Crippen LogP contribution is -2.41. The second kappa shape index (κ2) is 7.03. The number of carbonyl (C=O) groups is 1. The van der Waals surface area contributed by atoms with Crippen LogP contribution in [0.2, 0.25) is 0 Å². The number of rotatable bonds is 3. The number of nitrogens with one attached hydrogen (secondary N) is 1. The van der Waals surface area contributed by atoms with E-state index in [1.54, 1.807) is 17.5 Å². The fourth-order valence-corrected chi connectivity index (χ4v) is 3.97. The molecule has 0 spiro atoms. The third-order valence-corrected chi connectivity index (χ3v) is 5.53. The summed E-state index contributed by atoms with van der Waals surface area (Å²) < 4.78 is 0. The van der Waals surface area contributed by atoms with Gasteiger partial charge in [0.05, 0.1) is 18.6 Å². The summed E-state index contributed by atoms with van der Waals surface area (Å²) in [7, 11) is 0. The first-order chi connectivity index (χ1) is 13.8. The summed E-state index contributed by atoms with van der Waals surface area (Å²) in [6, 6.07) is 10.1. The Labute approximate surface area is 162 Å². The molecule has 1 amide bonds. The maximum atomic E-state index is 13.1. The van der Waals surface area contributed by atoms with Gasteiger partial charge in [0.15, 0.2) is 5.65 Å². The zero-order valence-corrected chi connectivity index (χ0v) is 15.4. The fourth-order valence-electron chi connectivity index (χ4n) is 3.97. The summed E-state index contributed by atoms with van der Waals surface area (Å²) in [6.07, 6.45) is 7.53. The summed E-state index contributed by atoms with van der Waals surface area (Å²) >= 11 is 0. The summed E-state index contributed by atoms with van der Waals surface area (Å²) in [4.78, 5) is 31.4.